The van der Waals surface area contributed by atoms with Gasteiger partial charge in [-0.15, -0.1) is 0 Å². The van der Waals surface area contributed by atoms with Crippen LogP contribution in [0.3, 0.4) is 0 Å². The SMILES string of the molecule is O=C(Cc1ccc([N+](=O)[O-])c(Oc2ccccc2)c1)[O][Al+2]. The molecule has 0 aliphatic heterocycles. The van der Waals surface area contributed by atoms with E-state index in [9.17, 15) is 14.9 Å². The van der Waals surface area contributed by atoms with Gasteiger partial charge in [0.1, 0.15) is 0 Å². The first kappa shape index (κ1) is 15.0. The summed E-state index contributed by atoms with van der Waals surface area (Å²) < 4.78 is 10.0. The van der Waals surface area contributed by atoms with Gasteiger partial charge in [-0.1, -0.05) is 0 Å². The van der Waals surface area contributed by atoms with Crippen LogP contribution in [0.2, 0.25) is 0 Å². The third-order valence-corrected chi connectivity index (χ3v) is 2.93. The van der Waals surface area contributed by atoms with Crippen molar-refractivity contribution in [1.82, 2.24) is 0 Å². The van der Waals surface area contributed by atoms with Gasteiger partial charge < -0.3 is 0 Å². The molecule has 0 N–H and O–H groups in total. The Labute approximate surface area is 129 Å². The van der Waals surface area contributed by atoms with Crippen molar-refractivity contribution in [1.29, 1.82) is 0 Å². The van der Waals surface area contributed by atoms with Crippen molar-refractivity contribution in [2.75, 3.05) is 0 Å². The number of hydrogen-bond acceptors (Lipinski definition) is 5. The molecular formula is C14H10AlNO5+2. The molecule has 2 aromatic rings. The van der Waals surface area contributed by atoms with Gasteiger partial charge in [-0.25, -0.2) is 0 Å². The number of benzene rings is 2. The van der Waals surface area contributed by atoms with Gasteiger partial charge in [0.15, 0.2) is 0 Å². The summed E-state index contributed by atoms with van der Waals surface area (Å²) in [6.07, 6.45) is 0.00659. The molecule has 0 bridgehead atoms. The number of nitro benzene ring substituents is 1. The molecule has 0 unspecified atom stereocenters. The van der Waals surface area contributed by atoms with Crippen LogP contribution in [0, 0.1) is 10.1 Å². The maximum absolute atomic E-state index is 11.3. The zero-order valence-corrected chi connectivity index (χ0v) is 12.0. The molecule has 21 heavy (non-hydrogen) atoms. The van der Waals surface area contributed by atoms with Crippen molar-refractivity contribution < 1.29 is 18.2 Å². The summed E-state index contributed by atoms with van der Waals surface area (Å²) in [5, 5.41) is 11.0. The average molecular weight is 299 g/mol. The number of rotatable bonds is 5. The zero-order valence-electron chi connectivity index (χ0n) is 10.9. The Morgan fingerprint density at radius 3 is 2.52 bits per heavy atom. The molecule has 0 spiro atoms. The van der Waals surface area contributed by atoms with Crippen molar-refractivity contribution in [2.45, 2.75) is 6.42 Å². The van der Waals surface area contributed by atoms with Crippen LogP contribution in [0.15, 0.2) is 48.5 Å². The van der Waals surface area contributed by atoms with Crippen LogP contribution < -0.4 is 4.74 Å². The van der Waals surface area contributed by atoms with Gasteiger partial charge in [0, 0.05) is 0 Å². The summed E-state index contributed by atoms with van der Waals surface area (Å²) >= 11 is 1.87. The Morgan fingerprint density at radius 1 is 1.19 bits per heavy atom. The van der Waals surface area contributed by atoms with Crippen LogP contribution >= 0.6 is 0 Å². The number of nitrogens with zero attached hydrogens (tertiary/aromatic N) is 1. The number of carbonyl (C=O) groups is 1. The molecule has 0 aliphatic carbocycles. The molecule has 0 heterocycles. The van der Waals surface area contributed by atoms with E-state index in [1.54, 1.807) is 24.3 Å². The van der Waals surface area contributed by atoms with Crippen LogP contribution in [0.5, 0.6) is 11.5 Å². The van der Waals surface area contributed by atoms with Gasteiger partial charge in [-0.3, -0.25) is 0 Å². The fourth-order valence-corrected chi connectivity index (χ4v) is 1.81. The summed E-state index contributed by atoms with van der Waals surface area (Å²) in [6.45, 7) is 0. The Bertz CT molecular complexity index is 660. The van der Waals surface area contributed by atoms with Crippen LogP contribution in [-0.2, 0) is 15.0 Å². The van der Waals surface area contributed by atoms with Crippen molar-refractivity contribution in [3.63, 3.8) is 0 Å². The minimum absolute atomic E-state index is 0.00659. The van der Waals surface area contributed by atoms with E-state index in [2.05, 4.69) is 3.79 Å². The first-order valence-corrected chi connectivity index (χ1v) is 6.47. The van der Waals surface area contributed by atoms with Gasteiger partial charge >= 0.3 is 129 Å². The van der Waals surface area contributed by atoms with E-state index in [1.165, 1.54) is 18.2 Å². The predicted molar refractivity (Wildman–Crippen MR) is 75.2 cm³/mol. The first-order valence-electron chi connectivity index (χ1n) is 6.00. The topological polar surface area (TPSA) is 78.7 Å². The van der Waals surface area contributed by atoms with Gasteiger partial charge in [-0.2, -0.15) is 0 Å². The Kier molecular flexibility index (Phi) is 4.93. The molecule has 0 amide bonds. The fraction of sp³-hybridized carbons (Fsp3) is 0.0714. The summed E-state index contributed by atoms with van der Waals surface area (Å²) in [6, 6.07) is 13.0. The summed E-state index contributed by atoms with van der Waals surface area (Å²) in [7, 11) is 0. The Morgan fingerprint density at radius 2 is 1.90 bits per heavy atom. The second kappa shape index (κ2) is 6.88. The molecule has 2 rings (SSSR count). The number of carbonyl (C=O) groups excluding carboxylic acids is 1. The van der Waals surface area contributed by atoms with Crippen molar-refractivity contribution in [2.24, 2.45) is 0 Å². The summed E-state index contributed by atoms with van der Waals surface area (Å²) in [5.74, 6) is 0.103. The molecule has 0 radical (unpaired) electrons. The van der Waals surface area contributed by atoms with Gasteiger partial charge in [-0.05, 0) is 0 Å². The standard InChI is InChI=1S/C14H11NO5.Al/c16-14(17)9-10-6-7-12(15(18)19)13(8-10)20-11-4-2-1-3-5-11;/h1-8H,9H2,(H,16,17);/q;+3/p-1. The van der Waals surface area contributed by atoms with Gasteiger partial charge in [0.25, 0.3) is 0 Å². The number of hydrogen-bond donors (Lipinski definition) is 0. The van der Waals surface area contributed by atoms with E-state index in [1.807, 2.05) is 22.7 Å². The second-order valence-corrected chi connectivity index (χ2v) is 4.38. The van der Waals surface area contributed by atoms with E-state index in [0.717, 1.165) is 0 Å². The van der Waals surface area contributed by atoms with E-state index < -0.39 is 10.9 Å². The number of nitro groups is 1. The normalized spacial score (nSPS) is 10.0. The molecule has 0 aromatic heterocycles. The van der Waals surface area contributed by atoms with Gasteiger partial charge in [0.2, 0.25) is 0 Å². The van der Waals surface area contributed by atoms with Crippen LogP contribution in [0.4, 0.5) is 5.69 Å². The van der Waals surface area contributed by atoms with E-state index in [-0.39, 0.29) is 17.9 Å². The molecule has 0 saturated carbocycles. The summed E-state index contributed by atoms with van der Waals surface area (Å²) in [4.78, 5) is 21.8. The Balaban J connectivity index is 2.33. The van der Waals surface area contributed by atoms with Gasteiger partial charge in [0.05, 0.1) is 0 Å². The molecule has 0 fully saturated rings. The van der Waals surface area contributed by atoms with E-state index in [4.69, 9.17) is 4.74 Å². The molecule has 102 valence electrons. The molecule has 6 nitrogen and oxygen atoms in total. The van der Waals surface area contributed by atoms with E-state index in [0.29, 0.717) is 11.3 Å². The molecule has 0 saturated heterocycles. The Hall–Kier alpha value is -2.36. The predicted octanol–water partition coefficient (Wildman–Crippen LogP) is 2.56. The van der Waals surface area contributed by atoms with Crippen LogP contribution in [0.1, 0.15) is 5.56 Å². The second-order valence-electron chi connectivity index (χ2n) is 4.14. The molecule has 0 aliphatic rings. The number of para-hydroxylation sites is 1. The molecular weight excluding hydrogens is 289 g/mol. The van der Waals surface area contributed by atoms with Crippen LogP contribution in [0.25, 0.3) is 0 Å². The zero-order chi connectivity index (χ0) is 15.2. The average Bonchev–Trinajstić information content (AvgIpc) is 2.48. The fourth-order valence-electron chi connectivity index (χ4n) is 1.72. The minimum atomic E-state index is -0.532. The van der Waals surface area contributed by atoms with Crippen molar-refractivity contribution >= 4 is 28.3 Å². The quantitative estimate of drug-likeness (QED) is 0.481. The van der Waals surface area contributed by atoms with Crippen LogP contribution in [-0.4, -0.2) is 27.5 Å². The monoisotopic (exact) mass is 299 g/mol. The van der Waals surface area contributed by atoms with Crippen molar-refractivity contribution in [3.05, 3.63) is 64.2 Å². The molecule has 7 heteroatoms. The third kappa shape index (κ3) is 4.05. The maximum atomic E-state index is 11.3. The number of ether oxygens (including phenoxy) is 1. The molecule has 2 aromatic carbocycles. The summed E-state index contributed by atoms with van der Waals surface area (Å²) in [5.41, 5.74) is 0.404. The van der Waals surface area contributed by atoms with E-state index >= 15 is 0 Å². The van der Waals surface area contributed by atoms with Crippen molar-refractivity contribution in [3.8, 4) is 11.5 Å². The third-order valence-electron chi connectivity index (χ3n) is 2.67. The molecule has 0 atom stereocenters. The first-order chi connectivity index (χ1) is 10.1.